The Balaban J connectivity index is 1.99. The van der Waals surface area contributed by atoms with Gasteiger partial charge < -0.3 is 15.2 Å². The Kier molecular flexibility index (Phi) is 5.22. The number of amides is 1. The third-order valence-corrected chi connectivity index (χ3v) is 3.72. The first kappa shape index (κ1) is 15.4. The molecule has 0 aliphatic rings. The fourth-order valence-corrected chi connectivity index (χ4v) is 2.24. The summed E-state index contributed by atoms with van der Waals surface area (Å²) in [5.41, 5.74) is 2.60. The first-order chi connectivity index (χ1) is 10.1. The smallest absolute Gasteiger partial charge is 0.251 e. The monoisotopic (exact) mass is 349 g/mol. The minimum absolute atomic E-state index is 0.0492. The van der Waals surface area contributed by atoms with Crippen LogP contribution in [0.2, 0.25) is 0 Å². The van der Waals surface area contributed by atoms with Crippen molar-refractivity contribution in [1.82, 2.24) is 5.32 Å². The van der Waals surface area contributed by atoms with Gasteiger partial charge in [-0.15, -0.1) is 0 Å². The molecule has 21 heavy (non-hydrogen) atoms. The minimum Gasteiger partial charge on any atom is -0.504 e. The Morgan fingerprint density at radius 1 is 1.19 bits per heavy atom. The van der Waals surface area contributed by atoms with Crippen molar-refractivity contribution in [3.05, 3.63) is 59.2 Å². The maximum Gasteiger partial charge on any atom is 0.251 e. The molecule has 2 aromatic carbocycles. The van der Waals surface area contributed by atoms with Gasteiger partial charge in [-0.2, -0.15) is 0 Å². The van der Waals surface area contributed by atoms with Crippen molar-refractivity contribution in [1.29, 1.82) is 0 Å². The Morgan fingerprint density at radius 3 is 2.43 bits per heavy atom. The molecule has 0 unspecified atom stereocenters. The number of halogens is 1. The summed E-state index contributed by atoms with van der Waals surface area (Å²) in [7, 11) is 1.46. The molecule has 0 aliphatic carbocycles. The predicted octanol–water partition coefficient (Wildman–Crippen LogP) is 3.23. The quantitative estimate of drug-likeness (QED) is 0.814. The summed E-state index contributed by atoms with van der Waals surface area (Å²) in [5, 5.41) is 13.3. The van der Waals surface area contributed by atoms with Crippen LogP contribution in [0.5, 0.6) is 11.5 Å². The predicted molar refractivity (Wildman–Crippen MR) is 84.9 cm³/mol. The molecule has 0 saturated heterocycles. The van der Waals surface area contributed by atoms with Gasteiger partial charge in [0, 0.05) is 17.4 Å². The van der Waals surface area contributed by atoms with Gasteiger partial charge in [-0.3, -0.25) is 4.79 Å². The van der Waals surface area contributed by atoms with Crippen LogP contribution in [0.3, 0.4) is 0 Å². The summed E-state index contributed by atoms with van der Waals surface area (Å²) in [6, 6.07) is 12.5. The van der Waals surface area contributed by atoms with E-state index in [0.717, 1.165) is 10.9 Å². The van der Waals surface area contributed by atoms with Gasteiger partial charge in [0.25, 0.3) is 5.91 Å². The lowest BCUT2D eigenvalue weighted by Crippen LogP contribution is -2.22. The van der Waals surface area contributed by atoms with Crippen molar-refractivity contribution in [2.24, 2.45) is 0 Å². The fraction of sp³-hybridized carbons (Fsp3) is 0.188. The van der Waals surface area contributed by atoms with Crippen molar-refractivity contribution >= 4 is 21.8 Å². The molecule has 0 atom stereocenters. The standard InChI is InChI=1S/C16H16BrNO3/c1-21-15-7-6-13(8-14(15)19)16(20)18-10-12-4-2-11(9-17)3-5-12/h2-8,19H,9-10H2,1H3,(H,18,20). The number of alkyl halides is 1. The number of rotatable bonds is 5. The van der Waals surface area contributed by atoms with E-state index >= 15 is 0 Å². The van der Waals surface area contributed by atoms with E-state index in [1.165, 1.54) is 18.7 Å². The first-order valence-corrected chi connectivity index (χ1v) is 7.55. The number of nitrogens with one attached hydrogen (secondary N) is 1. The topological polar surface area (TPSA) is 58.6 Å². The fourth-order valence-electron chi connectivity index (χ4n) is 1.86. The van der Waals surface area contributed by atoms with Crippen LogP contribution in [-0.4, -0.2) is 18.1 Å². The van der Waals surface area contributed by atoms with E-state index in [-0.39, 0.29) is 11.7 Å². The zero-order valence-corrected chi connectivity index (χ0v) is 13.2. The minimum atomic E-state index is -0.238. The average Bonchev–Trinajstić information content (AvgIpc) is 2.53. The molecule has 2 aromatic rings. The van der Waals surface area contributed by atoms with Gasteiger partial charge in [0.05, 0.1) is 7.11 Å². The van der Waals surface area contributed by atoms with E-state index in [4.69, 9.17) is 4.74 Å². The molecule has 0 heterocycles. The number of carbonyl (C=O) groups is 1. The molecule has 110 valence electrons. The average molecular weight is 350 g/mol. The summed E-state index contributed by atoms with van der Waals surface area (Å²) in [4.78, 5) is 12.0. The lowest BCUT2D eigenvalue weighted by atomic mass is 10.1. The van der Waals surface area contributed by atoms with E-state index in [0.29, 0.717) is 17.9 Å². The van der Waals surface area contributed by atoms with Crippen LogP contribution < -0.4 is 10.1 Å². The van der Waals surface area contributed by atoms with Gasteiger partial charge in [-0.1, -0.05) is 40.2 Å². The van der Waals surface area contributed by atoms with Crippen LogP contribution in [-0.2, 0) is 11.9 Å². The highest BCUT2D eigenvalue weighted by molar-refractivity contribution is 9.08. The molecule has 4 nitrogen and oxygen atoms in total. The van der Waals surface area contributed by atoms with Crippen molar-refractivity contribution < 1.29 is 14.6 Å². The molecule has 5 heteroatoms. The largest absolute Gasteiger partial charge is 0.504 e. The number of hydrogen-bond acceptors (Lipinski definition) is 3. The molecule has 0 aromatic heterocycles. The van der Waals surface area contributed by atoms with Crippen molar-refractivity contribution in [3.8, 4) is 11.5 Å². The van der Waals surface area contributed by atoms with Crippen molar-refractivity contribution in [3.63, 3.8) is 0 Å². The number of carbonyl (C=O) groups excluding carboxylic acids is 1. The lowest BCUT2D eigenvalue weighted by Gasteiger charge is -2.08. The molecular formula is C16H16BrNO3. The second-order valence-electron chi connectivity index (χ2n) is 4.52. The van der Waals surface area contributed by atoms with E-state index in [2.05, 4.69) is 21.2 Å². The molecule has 0 saturated carbocycles. The second-order valence-corrected chi connectivity index (χ2v) is 5.08. The van der Waals surface area contributed by atoms with Crippen molar-refractivity contribution in [2.75, 3.05) is 7.11 Å². The van der Waals surface area contributed by atoms with E-state index < -0.39 is 0 Å². The van der Waals surface area contributed by atoms with E-state index in [9.17, 15) is 9.90 Å². The van der Waals surface area contributed by atoms with Gasteiger partial charge in [-0.25, -0.2) is 0 Å². The molecule has 0 aliphatic heterocycles. The van der Waals surface area contributed by atoms with Crippen LogP contribution >= 0.6 is 15.9 Å². The van der Waals surface area contributed by atoms with Gasteiger partial charge in [0.2, 0.25) is 0 Å². The summed E-state index contributed by atoms with van der Waals surface area (Å²) < 4.78 is 4.95. The molecule has 0 bridgehead atoms. The zero-order valence-electron chi connectivity index (χ0n) is 11.6. The van der Waals surface area contributed by atoms with Crippen LogP contribution in [0.1, 0.15) is 21.5 Å². The van der Waals surface area contributed by atoms with Gasteiger partial charge in [0.15, 0.2) is 11.5 Å². The van der Waals surface area contributed by atoms with E-state index in [1.54, 1.807) is 12.1 Å². The zero-order chi connectivity index (χ0) is 15.2. The summed E-state index contributed by atoms with van der Waals surface area (Å²) in [6.45, 7) is 0.439. The number of methoxy groups -OCH3 is 1. The maximum absolute atomic E-state index is 12.0. The van der Waals surface area contributed by atoms with Crippen LogP contribution in [0, 0.1) is 0 Å². The summed E-state index contributed by atoms with van der Waals surface area (Å²) >= 11 is 3.39. The van der Waals surface area contributed by atoms with Crippen LogP contribution in [0.15, 0.2) is 42.5 Å². The number of phenols is 1. The lowest BCUT2D eigenvalue weighted by molar-refractivity contribution is 0.0950. The highest BCUT2D eigenvalue weighted by Gasteiger charge is 2.09. The SMILES string of the molecule is COc1ccc(C(=O)NCc2ccc(CBr)cc2)cc1O. The molecule has 0 radical (unpaired) electrons. The summed E-state index contributed by atoms with van der Waals surface area (Å²) in [5.74, 6) is 0.0567. The first-order valence-electron chi connectivity index (χ1n) is 6.43. The highest BCUT2D eigenvalue weighted by Crippen LogP contribution is 2.26. The number of benzene rings is 2. The number of hydrogen-bond donors (Lipinski definition) is 2. The van der Waals surface area contributed by atoms with Gasteiger partial charge >= 0.3 is 0 Å². The second kappa shape index (κ2) is 7.13. The Bertz CT molecular complexity index is 626. The highest BCUT2D eigenvalue weighted by atomic mass is 79.9. The molecular weight excluding hydrogens is 334 g/mol. The van der Waals surface area contributed by atoms with Crippen LogP contribution in [0.25, 0.3) is 0 Å². The van der Waals surface area contributed by atoms with E-state index in [1.807, 2.05) is 24.3 Å². The normalized spacial score (nSPS) is 10.2. The van der Waals surface area contributed by atoms with Gasteiger partial charge in [0.1, 0.15) is 0 Å². The number of ether oxygens (including phenoxy) is 1. The molecule has 1 amide bonds. The Hall–Kier alpha value is -2.01. The Morgan fingerprint density at radius 2 is 1.86 bits per heavy atom. The third kappa shape index (κ3) is 3.98. The number of aromatic hydroxyl groups is 1. The number of phenolic OH excluding ortho intramolecular Hbond substituents is 1. The Labute approximate surface area is 131 Å². The maximum atomic E-state index is 12.0. The van der Waals surface area contributed by atoms with Gasteiger partial charge in [-0.05, 0) is 29.3 Å². The molecule has 2 N–H and O–H groups in total. The molecule has 0 spiro atoms. The summed E-state index contributed by atoms with van der Waals surface area (Å²) in [6.07, 6.45) is 0. The van der Waals surface area contributed by atoms with Crippen LogP contribution in [0.4, 0.5) is 0 Å². The third-order valence-electron chi connectivity index (χ3n) is 3.07. The molecule has 0 fully saturated rings. The van der Waals surface area contributed by atoms with Crippen molar-refractivity contribution in [2.45, 2.75) is 11.9 Å². The molecule has 2 rings (SSSR count).